The van der Waals surface area contributed by atoms with Gasteiger partial charge in [0.05, 0.1) is 18.9 Å². The number of nitrogens with zero attached hydrogens (tertiary/aromatic N) is 1. The van der Waals surface area contributed by atoms with Crippen LogP contribution in [0.2, 0.25) is 0 Å². The summed E-state index contributed by atoms with van der Waals surface area (Å²) in [5.74, 6) is -0.902. The van der Waals surface area contributed by atoms with E-state index in [-0.39, 0.29) is 23.2 Å². The van der Waals surface area contributed by atoms with Crippen LogP contribution in [0.3, 0.4) is 0 Å². The number of nitro groups is 1. The van der Waals surface area contributed by atoms with Crippen molar-refractivity contribution in [3.63, 3.8) is 0 Å². The van der Waals surface area contributed by atoms with Crippen LogP contribution in [0.25, 0.3) is 0 Å². The van der Waals surface area contributed by atoms with E-state index in [1.807, 2.05) is 55.5 Å². The quantitative estimate of drug-likeness (QED) is 0.439. The van der Waals surface area contributed by atoms with Crippen LogP contribution in [0, 0.1) is 17.0 Å². The molecule has 1 aliphatic heterocycles. The fourth-order valence-electron chi connectivity index (χ4n) is 3.45. The molecule has 3 rings (SSSR count). The van der Waals surface area contributed by atoms with E-state index in [2.05, 4.69) is 0 Å². The van der Waals surface area contributed by atoms with E-state index < -0.39 is 17.9 Å². The van der Waals surface area contributed by atoms with Crippen molar-refractivity contribution in [3.8, 4) is 0 Å². The molecule has 3 atom stereocenters. The lowest BCUT2D eigenvalue weighted by Gasteiger charge is -2.33. The Bertz CT molecular complexity index is 809. The highest BCUT2D eigenvalue weighted by atomic mass is 32.2. The van der Waals surface area contributed by atoms with Gasteiger partial charge < -0.3 is 4.74 Å². The molecular weight excluding hydrogens is 350 g/mol. The predicted molar refractivity (Wildman–Crippen MR) is 101 cm³/mol. The van der Waals surface area contributed by atoms with Gasteiger partial charge in [-0.05, 0) is 36.6 Å². The van der Waals surface area contributed by atoms with Crippen molar-refractivity contribution in [2.45, 2.75) is 42.4 Å². The number of carbonyl (C=O) groups excluding carboxylic acids is 1. The van der Waals surface area contributed by atoms with Gasteiger partial charge >= 0.3 is 5.97 Å². The number of aryl methyl sites for hydroxylation is 1. The van der Waals surface area contributed by atoms with E-state index in [0.717, 1.165) is 21.6 Å². The minimum absolute atomic E-state index is 0.0133. The molecule has 1 aliphatic rings. The Morgan fingerprint density at radius 3 is 2.62 bits per heavy atom. The standard InChI is InChI=1S/C20H21NO4S/c1-3-25-18(22)12-16-15-10-9-13(2)11-17(15)26-20(19(16)21(23)24)14-7-5-4-6-8-14/h4-11,16,19-20H,3,12H2,1-2H3/t16-,19+,20-/m1/s1. The summed E-state index contributed by atoms with van der Waals surface area (Å²) in [5, 5.41) is 11.7. The van der Waals surface area contributed by atoms with Gasteiger partial charge in [0.15, 0.2) is 0 Å². The summed E-state index contributed by atoms with van der Waals surface area (Å²) < 4.78 is 5.08. The Labute approximate surface area is 156 Å². The zero-order valence-electron chi connectivity index (χ0n) is 14.8. The topological polar surface area (TPSA) is 69.4 Å². The van der Waals surface area contributed by atoms with E-state index in [4.69, 9.17) is 4.74 Å². The molecule has 0 unspecified atom stereocenters. The molecule has 0 spiro atoms. The lowest BCUT2D eigenvalue weighted by Crippen LogP contribution is -2.37. The Morgan fingerprint density at radius 2 is 1.96 bits per heavy atom. The van der Waals surface area contributed by atoms with Gasteiger partial charge in [-0.15, -0.1) is 11.8 Å². The van der Waals surface area contributed by atoms with Crippen molar-refractivity contribution in [1.29, 1.82) is 0 Å². The van der Waals surface area contributed by atoms with Gasteiger partial charge in [0, 0.05) is 9.82 Å². The number of fused-ring (bicyclic) bond motifs is 1. The second kappa shape index (κ2) is 7.91. The summed E-state index contributed by atoms with van der Waals surface area (Å²) in [6.07, 6.45) is 0.0133. The molecule has 0 aliphatic carbocycles. The average molecular weight is 371 g/mol. The number of carbonyl (C=O) groups is 1. The van der Waals surface area contributed by atoms with Crippen molar-refractivity contribution in [2.75, 3.05) is 6.61 Å². The van der Waals surface area contributed by atoms with Crippen molar-refractivity contribution in [2.24, 2.45) is 0 Å². The number of hydrogen-bond acceptors (Lipinski definition) is 5. The maximum atomic E-state index is 12.1. The molecular formula is C20H21NO4S. The van der Waals surface area contributed by atoms with Crippen LogP contribution < -0.4 is 0 Å². The number of hydrogen-bond donors (Lipinski definition) is 0. The Morgan fingerprint density at radius 1 is 1.23 bits per heavy atom. The molecule has 0 radical (unpaired) electrons. The molecule has 136 valence electrons. The van der Waals surface area contributed by atoms with Crippen LogP contribution >= 0.6 is 11.8 Å². The van der Waals surface area contributed by atoms with Gasteiger partial charge in [-0.3, -0.25) is 14.9 Å². The molecule has 0 saturated heterocycles. The minimum atomic E-state index is -0.887. The maximum absolute atomic E-state index is 12.1. The van der Waals surface area contributed by atoms with Crippen LogP contribution in [0.15, 0.2) is 53.4 Å². The van der Waals surface area contributed by atoms with E-state index in [1.54, 1.807) is 6.92 Å². The molecule has 0 bridgehead atoms. The Balaban J connectivity index is 2.08. The number of rotatable bonds is 5. The summed E-state index contributed by atoms with van der Waals surface area (Å²) >= 11 is 1.51. The largest absolute Gasteiger partial charge is 0.466 e. The van der Waals surface area contributed by atoms with E-state index in [9.17, 15) is 14.9 Å². The average Bonchev–Trinajstić information content (AvgIpc) is 2.61. The monoisotopic (exact) mass is 371 g/mol. The second-order valence-corrected chi connectivity index (χ2v) is 7.57. The molecule has 0 fully saturated rings. The zero-order chi connectivity index (χ0) is 18.7. The van der Waals surface area contributed by atoms with Gasteiger partial charge in [-0.25, -0.2) is 0 Å². The first-order valence-electron chi connectivity index (χ1n) is 8.62. The zero-order valence-corrected chi connectivity index (χ0v) is 15.6. The lowest BCUT2D eigenvalue weighted by atomic mass is 9.84. The number of benzene rings is 2. The predicted octanol–water partition coefficient (Wildman–Crippen LogP) is 4.52. The highest BCUT2D eigenvalue weighted by molar-refractivity contribution is 7.99. The van der Waals surface area contributed by atoms with Crippen LogP contribution in [-0.2, 0) is 9.53 Å². The summed E-state index contributed by atoms with van der Waals surface area (Å²) in [7, 11) is 0. The van der Waals surface area contributed by atoms with Crippen molar-refractivity contribution in [1.82, 2.24) is 0 Å². The smallest absolute Gasteiger partial charge is 0.306 e. The van der Waals surface area contributed by atoms with E-state index in [1.165, 1.54) is 11.8 Å². The molecule has 0 N–H and O–H groups in total. The molecule has 1 heterocycles. The van der Waals surface area contributed by atoms with Crippen molar-refractivity contribution >= 4 is 17.7 Å². The molecule has 0 saturated carbocycles. The molecule has 0 aromatic heterocycles. The van der Waals surface area contributed by atoms with Crippen molar-refractivity contribution in [3.05, 3.63) is 75.3 Å². The van der Waals surface area contributed by atoms with Crippen LogP contribution in [0.5, 0.6) is 0 Å². The van der Waals surface area contributed by atoms with Gasteiger partial charge in [0.2, 0.25) is 6.04 Å². The summed E-state index contributed by atoms with van der Waals surface area (Å²) in [4.78, 5) is 24.9. The van der Waals surface area contributed by atoms with Crippen LogP contribution in [-0.4, -0.2) is 23.5 Å². The fraction of sp³-hybridized carbons (Fsp3) is 0.350. The molecule has 0 amide bonds. The number of thioether (sulfide) groups is 1. The fourth-order valence-corrected chi connectivity index (χ4v) is 5.05. The highest BCUT2D eigenvalue weighted by Crippen LogP contribution is 2.52. The second-order valence-electron chi connectivity index (χ2n) is 6.38. The third kappa shape index (κ3) is 3.75. The van der Waals surface area contributed by atoms with E-state index in [0.29, 0.717) is 0 Å². The first kappa shape index (κ1) is 18.5. The van der Waals surface area contributed by atoms with Crippen LogP contribution in [0.1, 0.15) is 41.2 Å². The molecule has 2 aromatic carbocycles. The number of ether oxygens (including phenoxy) is 1. The first-order valence-corrected chi connectivity index (χ1v) is 9.50. The van der Waals surface area contributed by atoms with E-state index >= 15 is 0 Å². The van der Waals surface area contributed by atoms with Gasteiger partial charge in [-0.2, -0.15) is 0 Å². The third-order valence-corrected chi connectivity index (χ3v) is 6.02. The lowest BCUT2D eigenvalue weighted by molar-refractivity contribution is -0.527. The third-order valence-electron chi connectivity index (χ3n) is 4.61. The summed E-state index contributed by atoms with van der Waals surface area (Å²) in [6, 6.07) is 14.5. The van der Waals surface area contributed by atoms with Gasteiger partial charge in [0.25, 0.3) is 0 Å². The Kier molecular flexibility index (Phi) is 5.61. The first-order chi connectivity index (χ1) is 12.5. The molecule has 5 nitrogen and oxygen atoms in total. The van der Waals surface area contributed by atoms with Gasteiger partial charge in [0.1, 0.15) is 5.25 Å². The maximum Gasteiger partial charge on any atom is 0.306 e. The normalized spacial score (nSPS) is 21.7. The SMILES string of the molecule is CCOC(=O)C[C@@H]1c2ccc(C)cc2S[C@H](c2ccccc2)[C@H]1[N+](=O)[O-]. The molecule has 26 heavy (non-hydrogen) atoms. The van der Waals surface area contributed by atoms with Crippen LogP contribution in [0.4, 0.5) is 0 Å². The molecule has 2 aromatic rings. The van der Waals surface area contributed by atoms with Crippen molar-refractivity contribution < 1.29 is 14.5 Å². The summed E-state index contributed by atoms with van der Waals surface area (Å²) in [6.45, 7) is 4.01. The highest BCUT2D eigenvalue weighted by Gasteiger charge is 2.47. The minimum Gasteiger partial charge on any atom is -0.466 e. The van der Waals surface area contributed by atoms with Gasteiger partial charge in [-0.1, -0.05) is 42.5 Å². The molecule has 6 heteroatoms. The number of esters is 1. The Hall–Kier alpha value is -2.34. The summed E-state index contributed by atoms with van der Waals surface area (Å²) in [5.41, 5.74) is 2.86.